The minimum atomic E-state index is -2.49. The molecule has 1 N–H and O–H groups in total. The molecule has 4 fully saturated rings. The van der Waals surface area contributed by atoms with Crippen molar-refractivity contribution in [3.05, 3.63) is 18.1 Å². The number of nitrogens with zero attached hydrogens (tertiary/aromatic N) is 4. The van der Waals surface area contributed by atoms with Crippen molar-refractivity contribution in [3.63, 3.8) is 0 Å². The molecule has 0 radical (unpaired) electrons. The van der Waals surface area contributed by atoms with E-state index in [0.29, 0.717) is 45.6 Å². The maximum atomic E-state index is 13.1. The molecule has 1 spiro atoms. The Balaban J connectivity index is 1.06. The highest BCUT2D eigenvalue weighted by Crippen LogP contribution is 2.57. The lowest BCUT2D eigenvalue weighted by Gasteiger charge is -2.58. The predicted octanol–water partition coefficient (Wildman–Crippen LogP) is 1.53. The Morgan fingerprint density at radius 1 is 1.24 bits per heavy atom. The third kappa shape index (κ3) is 3.49. The zero-order valence-electron chi connectivity index (χ0n) is 15.9. The molecule has 1 atom stereocenters. The molecule has 3 saturated heterocycles. The van der Waals surface area contributed by atoms with Crippen LogP contribution in [0.1, 0.15) is 37.3 Å². The maximum absolute atomic E-state index is 13.1. The van der Waals surface area contributed by atoms with E-state index in [0.717, 1.165) is 11.5 Å². The molecule has 29 heavy (non-hydrogen) atoms. The summed E-state index contributed by atoms with van der Waals surface area (Å²) in [5, 5.41) is 2.67. The normalized spacial score (nSPS) is 27.0. The van der Waals surface area contributed by atoms with Crippen LogP contribution < -0.4 is 10.2 Å². The van der Waals surface area contributed by atoms with Crippen LogP contribution in [0, 0.1) is 5.41 Å². The predicted molar refractivity (Wildman–Crippen MR) is 97.7 cm³/mol. The number of cyclic esters (lactones) is 1. The topological polar surface area (TPSA) is 87.7 Å². The summed E-state index contributed by atoms with van der Waals surface area (Å²) in [5.74, 6) is -1.53. The van der Waals surface area contributed by atoms with Gasteiger partial charge in [-0.25, -0.2) is 18.6 Å². The molecule has 0 unspecified atom stereocenters. The monoisotopic (exact) mass is 407 g/mol. The summed E-state index contributed by atoms with van der Waals surface area (Å²) < 4.78 is 31.0. The third-order valence-corrected chi connectivity index (χ3v) is 6.40. The number of ether oxygens (including phenoxy) is 1. The van der Waals surface area contributed by atoms with Crippen molar-refractivity contribution in [2.24, 2.45) is 5.41 Å². The van der Waals surface area contributed by atoms with Gasteiger partial charge in [0, 0.05) is 56.8 Å². The lowest BCUT2D eigenvalue weighted by Crippen LogP contribution is -2.66. The summed E-state index contributed by atoms with van der Waals surface area (Å²) >= 11 is 0. The molecule has 4 aliphatic rings. The minimum Gasteiger partial charge on any atom is -0.447 e. The lowest BCUT2D eigenvalue weighted by atomic mass is 9.61. The van der Waals surface area contributed by atoms with Gasteiger partial charge in [-0.1, -0.05) is 0 Å². The van der Waals surface area contributed by atoms with Gasteiger partial charge in [0.15, 0.2) is 0 Å². The summed E-state index contributed by atoms with van der Waals surface area (Å²) in [6.45, 7) is 2.78. The first kappa shape index (κ1) is 18.5. The van der Waals surface area contributed by atoms with Crippen molar-refractivity contribution in [1.29, 1.82) is 0 Å². The number of nitrogens with one attached hydrogen (secondary N) is 1. The molecule has 4 heterocycles. The minimum absolute atomic E-state index is 0.0198. The summed E-state index contributed by atoms with van der Waals surface area (Å²) in [7, 11) is 0. The fourth-order valence-corrected chi connectivity index (χ4v) is 4.81. The number of hydrogen-bond acceptors (Lipinski definition) is 6. The second-order valence-electron chi connectivity index (χ2n) is 8.84. The van der Waals surface area contributed by atoms with Crippen LogP contribution in [0.15, 0.2) is 12.4 Å². The highest BCUT2D eigenvalue weighted by molar-refractivity contribution is 5.77. The third-order valence-electron chi connectivity index (χ3n) is 6.40. The molecule has 0 aromatic carbocycles. The van der Waals surface area contributed by atoms with E-state index in [9.17, 15) is 18.4 Å². The molecule has 8 nitrogen and oxygen atoms in total. The molecule has 1 aliphatic carbocycles. The van der Waals surface area contributed by atoms with E-state index in [1.165, 1.54) is 0 Å². The van der Waals surface area contributed by atoms with Crippen molar-refractivity contribution in [2.75, 3.05) is 37.7 Å². The largest absolute Gasteiger partial charge is 0.447 e. The van der Waals surface area contributed by atoms with Crippen LogP contribution in [0.5, 0.6) is 0 Å². The van der Waals surface area contributed by atoms with E-state index in [1.54, 1.807) is 17.3 Å². The van der Waals surface area contributed by atoms with Crippen LogP contribution in [0.3, 0.4) is 0 Å². The second kappa shape index (κ2) is 6.50. The number of rotatable bonds is 5. The fraction of sp³-hybridized carbons (Fsp3) is 0.684. The first-order valence-electron chi connectivity index (χ1n) is 9.97. The fourth-order valence-electron chi connectivity index (χ4n) is 4.81. The molecule has 5 rings (SSSR count). The van der Waals surface area contributed by atoms with Crippen molar-refractivity contribution >= 4 is 17.8 Å². The molecule has 2 amide bonds. The first-order chi connectivity index (χ1) is 13.8. The van der Waals surface area contributed by atoms with Crippen molar-refractivity contribution in [3.8, 4) is 0 Å². The van der Waals surface area contributed by atoms with E-state index in [2.05, 4.69) is 15.3 Å². The number of alkyl halides is 2. The molecule has 3 aliphatic heterocycles. The Morgan fingerprint density at radius 2 is 2.00 bits per heavy atom. The number of aromatic nitrogens is 2. The Hall–Kier alpha value is -2.52. The number of carbonyl (C=O) groups is 2. The van der Waals surface area contributed by atoms with Gasteiger partial charge in [0.25, 0.3) is 0 Å². The molecule has 1 aromatic heterocycles. The number of likely N-dealkylation sites (tertiary alicyclic amines) is 1. The molecule has 1 aromatic rings. The number of alkyl carbamates (subject to hydrolysis) is 1. The lowest BCUT2D eigenvalue weighted by molar-refractivity contribution is -0.170. The van der Waals surface area contributed by atoms with Crippen LogP contribution in [0.4, 0.5) is 19.4 Å². The molecular weight excluding hydrogens is 384 g/mol. The van der Waals surface area contributed by atoms with Gasteiger partial charge in [0.1, 0.15) is 12.4 Å². The Bertz CT molecular complexity index is 812. The summed E-state index contributed by atoms with van der Waals surface area (Å²) in [4.78, 5) is 35.9. The van der Waals surface area contributed by atoms with E-state index in [-0.39, 0.29) is 36.1 Å². The molecule has 156 valence electrons. The van der Waals surface area contributed by atoms with Crippen LogP contribution in [0.2, 0.25) is 0 Å². The molecule has 0 bridgehead atoms. The van der Waals surface area contributed by atoms with Crippen molar-refractivity contribution in [1.82, 2.24) is 20.2 Å². The SMILES string of the molecule is O=C1N[C@H](CCC(=O)N2CC(c3cnc(N4CC5(C4)CC(F)(F)C5)cn3)C2)CO1. The van der Waals surface area contributed by atoms with Gasteiger partial charge in [0.05, 0.1) is 24.1 Å². The highest BCUT2D eigenvalue weighted by Gasteiger charge is 2.61. The van der Waals surface area contributed by atoms with E-state index >= 15 is 0 Å². The van der Waals surface area contributed by atoms with E-state index < -0.39 is 12.0 Å². The summed E-state index contributed by atoms with van der Waals surface area (Å²) in [6.07, 6.45) is 3.92. The average Bonchev–Trinajstić information content (AvgIpc) is 3.00. The van der Waals surface area contributed by atoms with Crippen molar-refractivity contribution < 1.29 is 23.1 Å². The standard InChI is InChI=1S/C19H23F2N5O3/c20-19(21)8-18(9-19)10-26(11-18)15-4-22-14(3-23-15)12-5-25(6-12)16(27)2-1-13-7-29-17(28)24-13/h3-4,12-13H,1-2,5-11H2,(H,24,28)/t13-/m1/s1. The first-order valence-corrected chi connectivity index (χ1v) is 9.97. The van der Waals surface area contributed by atoms with E-state index in [1.807, 2.05) is 4.90 Å². The molecule has 10 heteroatoms. The van der Waals surface area contributed by atoms with Crippen molar-refractivity contribution in [2.45, 2.75) is 43.6 Å². The highest BCUT2D eigenvalue weighted by atomic mass is 19.3. The quantitative estimate of drug-likeness (QED) is 0.797. The maximum Gasteiger partial charge on any atom is 0.407 e. The van der Waals surface area contributed by atoms with Crippen LogP contribution >= 0.6 is 0 Å². The Labute approximate surface area is 166 Å². The van der Waals surface area contributed by atoms with Gasteiger partial charge in [-0.05, 0) is 6.42 Å². The van der Waals surface area contributed by atoms with Gasteiger partial charge in [-0.2, -0.15) is 0 Å². The Kier molecular flexibility index (Phi) is 4.15. The van der Waals surface area contributed by atoms with Gasteiger partial charge in [-0.3, -0.25) is 9.78 Å². The zero-order valence-corrected chi connectivity index (χ0v) is 15.9. The average molecular weight is 407 g/mol. The van der Waals surface area contributed by atoms with Gasteiger partial charge < -0.3 is 19.9 Å². The van der Waals surface area contributed by atoms with Crippen LogP contribution in [-0.4, -0.2) is 71.6 Å². The summed E-state index contributed by atoms with van der Waals surface area (Å²) in [5.41, 5.74) is 0.617. The number of hydrogen-bond donors (Lipinski definition) is 1. The number of amides is 2. The molecule has 1 saturated carbocycles. The van der Waals surface area contributed by atoms with Crippen LogP contribution in [-0.2, 0) is 9.53 Å². The number of anilines is 1. The molecular formula is C19H23F2N5O3. The van der Waals surface area contributed by atoms with E-state index in [4.69, 9.17) is 4.74 Å². The van der Waals surface area contributed by atoms with Gasteiger partial charge in [0.2, 0.25) is 11.8 Å². The second-order valence-corrected chi connectivity index (χ2v) is 8.84. The number of halogens is 2. The Morgan fingerprint density at radius 3 is 2.59 bits per heavy atom. The zero-order chi connectivity index (χ0) is 20.2. The van der Waals surface area contributed by atoms with Crippen LogP contribution in [0.25, 0.3) is 0 Å². The number of carbonyl (C=O) groups excluding carboxylic acids is 2. The summed E-state index contributed by atoms with van der Waals surface area (Å²) in [6, 6.07) is -0.0891. The van der Waals surface area contributed by atoms with Gasteiger partial charge in [-0.15, -0.1) is 0 Å². The van der Waals surface area contributed by atoms with Gasteiger partial charge >= 0.3 is 6.09 Å². The smallest absolute Gasteiger partial charge is 0.407 e.